The Labute approximate surface area is 168 Å². The Morgan fingerprint density at radius 1 is 1.37 bits per heavy atom. The first kappa shape index (κ1) is 22.1. The molecule has 1 fully saturated rings. The molecule has 2 rings (SSSR count). The maximum absolute atomic E-state index is 13.0. The van der Waals surface area contributed by atoms with E-state index in [2.05, 4.69) is 21.2 Å². The molecule has 0 spiro atoms. The van der Waals surface area contributed by atoms with Gasteiger partial charge in [0.05, 0.1) is 24.7 Å². The smallest absolute Gasteiger partial charge is 0.247 e. The lowest BCUT2D eigenvalue weighted by atomic mass is 10.2. The molecule has 1 unspecified atom stereocenters. The lowest BCUT2D eigenvalue weighted by molar-refractivity contribution is -0.121. The summed E-state index contributed by atoms with van der Waals surface area (Å²) >= 11 is 3.26. The number of sulfone groups is 1. The minimum atomic E-state index is -3.98. The van der Waals surface area contributed by atoms with Crippen LogP contribution in [0.4, 0.5) is 0 Å². The molecule has 0 bridgehead atoms. The van der Waals surface area contributed by atoms with Gasteiger partial charge in [-0.15, -0.1) is 0 Å². The van der Waals surface area contributed by atoms with E-state index in [1.807, 2.05) is 0 Å². The second-order valence-electron chi connectivity index (χ2n) is 6.12. The van der Waals surface area contributed by atoms with Crippen LogP contribution in [0, 0.1) is 0 Å². The third-order valence-corrected chi connectivity index (χ3v) is 8.30. The summed E-state index contributed by atoms with van der Waals surface area (Å²) in [5, 5.41) is 2.61. The highest BCUT2D eigenvalue weighted by Crippen LogP contribution is 2.30. The first-order chi connectivity index (χ1) is 12.6. The van der Waals surface area contributed by atoms with E-state index in [-0.39, 0.29) is 28.7 Å². The van der Waals surface area contributed by atoms with Crippen molar-refractivity contribution in [3.8, 4) is 5.75 Å². The number of nitrogens with one attached hydrogen (secondary N) is 1. The van der Waals surface area contributed by atoms with Crippen molar-refractivity contribution in [2.75, 3.05) is 31.2 Å². The fraction of sp³-hybridized carbons (Fsp3) is 0.562. The molecule has 1 saturated heterocycles. The van der Waals surface area contributed by atoms with Crippen LogP contribution in [0.3, 0.4) is 0 Å². The normalized spacial score (nSPS) is 19.2. The van der Waals surface area contributed by atoms with Crippen molar-refractivity contribution in [3.05, 3.63) is 22.7 Å². The molecule has 0 aliphatic carbocycles. The fourth-order valence-electron chi connectivity index (χ4n) is 2.81. The van der Waals surface area contributed by atoms with Crippen LogP contribution < -0.4 is 10.1 Å². The van der Waals surface area contributed by atoms with Crippen LogP contribution in [0.5, 0.6) is 5.75 Å². The van der Waals surface area contributed by atoms with E-state index in [1.54, 1.807) is 26.0 Å². The van der Waals surface area contributed by atoms with E-state index in [0.717, 1.165) is 4.31 Å². The first-order valence-electron chi connectivity index (χ1n) is 8.51. The maximum atomic E-state index is 13.0. The standard InChI is InChI=1S/C16H23BrN2O6S2/c1-3-19(10-16(20)18-13-7-8-26(21,22)11-13)27(23,24)15-9-12(17)5-6-14(15)25-4-2/h5-6,9,13H,3-4,7-8,10-11H2,1-2H3,(H,18,20). The monoisotopic (exact) mass is 482 g/mol. The van der Waals surface area contributed by atoms with Gasteiger partial charge >= 0.3 is 0 Å². The zero-order chi connectivity index (χ0) is 20.2. The average Bonchev–Trinajstić information content (AvgIpc) is 2.92. The van der Waals surface area contributed by atoms with Crippen molar-refractivity contribution in [1.29, 1.82) is 0 Å². The summed E-state index contributed by atoms with van der Waals surface area (Å²) in [5.41, 5.74) is 0. The van der Waals surface area contributed by atoms with Crippen LogP contribution >= 0.6 is 15.9 Å². The van der Waals surface area contributed by atoms with Crippen LogP contribution in [-0.2, 0) is 24.7 Å². The summed E-state index contributed by atoms with van der Waals surface area (Å²) in [7, 11) is -7.11. The van der Waals surface area contributed by atoms with Crippen molar-refractivity contribution in [2.45, 2.75) is 31.2 Å². The predicted octanol–water partition coefficient (Wildman–Crippen LogP) is 1.16. The lowest BCUT2D eigenvalue weighted by Crippen LogP contribution is -2.44. The fourth-order valence-corrected chi connectivity index (χ4v) is 6.55. The molecule has 1 amide bonds. The van der Waals surface area contributed by atoms with Gasteiger partial charge in [-0.25, -0.2) is 16.8 Å². The maximum Gasteiger partial charge on any atom is 0.247 e. The van der Waals surface area contributed by atoms with E-state index in [4.69, 9.17) is 4.74 Å². The Hall–Kier alpha value is -1.17. The zero-order valence-electron chi connectivity index (χ0n) is 15.1. The van der Waals surface area contributed by atoms with Crippen molar-refractivity contribution in [2.24, 2.45) is 0 Å². The highest BCUT2D eigenvalue weighted by atomic mass is 79.9. The molecule has 152 valence electrons. The summed E-state index contributed by atoms with van der Waals surface area (Å²) in [6.07, 6.45) is 0.340. The largest absolute Gasteiger partial charge is 0.492 e. The van der Waals surface area contributed by atoms with Gasteiger partial charge in [-0.2, -0.15) is 4.31 Å². The average molecular weight is 483 g/mol. The molecule has 1 aromatic carbocycles. The highest BCUT2D eigenvalue weighted by Gasteiger charge is 2.32. The van der Waals surface area contributed by atoms with E-state index >= 15 is 0 Å². The Balaban J connectivity index is 2.18. The van der Waals surface area contributed by atoms with Crippen molar-refractivity contribution in [1.82, 2.24) is 9.62 Å². The third kappa shape index (κ3) is 5.66. The number of nitrogens with zero attached hydrogens (tertiary/aromatic N) is 1. The van der Waals surface area contributed by atoms with Crippen LogP contribution in [0.1, 0.15) is 20.3 Å². The molecule has 1 aliphatic heterocycles. The Morgan fingerprint density at radius 3 is 2.63 bits per heavy atom. The number of carbonyl (C=O) groups is 1. The zero-order valence-corrected chi connectivity index (χ0v) is 18.4. The molecule has 1 atom stereocenters. The van der Waals surface area contributed by atoms with Gasteiger partial charge in [-0.3, -0.25) is 4.79 Å². The number of hydrogen-bond donors (Lipinski definition) is 1. The number of amides is 1. The number of sulfonamides is 1. The second kappa shape index (κ2) is 8.89. The number of rotatable bonds is 8. The summed E-state index contributed by atoms with van der Waals surface area (Å²) in [4.78, 5) is 12.3. The topological polar surface area (TPSA) is 110 Å². The summed E-state index contributed by atoms with van der Waals surface area (Å²) in [5.74, 6) is -0.404. The summed E-state index contributed by atoms with van der Waals surface area (Å²) in [6, 6.07) is 4.18. The molecule has 27 heavy (non-hydrogen) atoms. The van der Waals surface area contributed by atoms with Gasteiger partial charge < -0.3 is 10.1 Å². The molecule has 0 aromatic heterocycles. The number of ether oxygens (including phenoxy) is 1. The van der Waals surface area contributed by atoms with Gasteiger partial charge in [0.15, 0.2) is 9.84 Å². The number of benzene rings is 1. The van der Waals surface area contributed by atoms with Gasteiger partial charge in [0.2, 0.25) is 15.9 Å². The van der Waals surface area contributed by atoms with Gasteiger partial charge in [0.1, 0.15) is 10.6 Å². The highest BCUT2D eigenvalue weighted by molar-refractivity contribution is 9.10. The van der Waals surface area contributed by atoms with Gasteiger partial charge in [-0.05, 0) is 31.5 Å². The van der Waals surface area contributed by atoms with E-state index < -0.39 is 38.4 Å². The third-order valence-electron chi connectivity index (χ3n) is 4.09. The van der Waals surface area contributed by atoms with E-state index in [9.17, 15) is 21.6 Å². The molecule has 0 radical (unpaired) electrons. The Morgan fingerprint density at radius 2 is 2.07 bits per heavy atom. The minimum absolute atomic E-state index is 0.0307. The SMILES string of the molecule is CCOc1ccc(Br)cc1S(=O)(=O)N(CC)CC(=O)NC1CCS(=O)(=O)C1. The van der Waals surface area contributed by atoms with Gasteiger partial charge in [0, 0.05) is 17.1 Å². The van der Waals surface area contributed by atoms with Gasteiger partial charge in [-0.1, -0.05) is 22.9 Å². The summed E-state index contributed by atoms with van der Waals surface area (Å²) in [6.45, 7) is 3.36. The van der Waals surface area contributed by atoms with Gasteiger partial charge in [0.25, 0.3) is 0 Å². The van der Waals surface area contributed by atoms with Crippen molar-refractivity contribution >= 4 is 41.7 Å². The molecule has 11 heteroatoms. The van der Waals surface area contributed by atoms with Crippen LogP contribution in [-0.4, -0.2) is 64.3 Å². The lowest BCUT2D eigenvalue weighted by Gasteiger charge is -2.22. The van der Waals surface area contributed by atoms with Crippen molar-refractivity contribution in [3.63, 3.8) is 0 Å². The number of hydrogen-bond acceptors (Lipinski definition) is 6. The Bertz CT molecular complexity index is 901. The van der Waals surface area contributed by atoms with Crippen molar-refractivity contribution < 1.29 is 26.4 Å². The molecule has 8 nitrogen and oxygen atoms in total. The van der Waals surface area contributed by atoms with E-state index in [1.165, 1.54) is 6.07 Å². The molecule has 1 heterocycles. The summed E-state index contributed by atoms with van der Waals surface area (Å²) < 4.78 is 56.1. The number of likely N-dealkylation sites (N-methyl/N-ethyl adjacent to an activating group) is 1. The Kier molecular flexibility index (Phi) is 7.28. The predicted molar refractivity (Wildman–Crippen MR) is 105 cm³/mol. The second-order valence-corrected chi connectivity index (χ2v) is 11.2. The van der Waals surface area contributed by atoms with Crippen LogP contribution in [0.25, 0.3) is 0 Å². The molecule has 0 saturated carbocycles. The van der Waals surface area contributed by atoms with Crippen LogP contribution in [0.15, 0.2) is 27.6 Å². The molecule has 1 aromatic rings. The van der Waals surface area contributed by atoms with E-state index in [0.29, 0.717) is 17.5 Å². The number of halogens is 1. The molecule has 1 N–H and O–H groups in total. The molecular weight excluding hydrogens is 460 g/mol. The first-order valence-corrected chi connectivity index (χ1v) is 12.6. The number of carbonyl (C=O) groups excluding carboxylic acids is 1. The molecule has 1 aliphatic rings. The molecular formula is C16H23BrN2O6S2. The van der Waals surface area contributed by atoms with Crippen LogP contribution in [0.2, 0.25) is 0 Å². The minimum Gasteiger partial charge on any atom is -0.492 e. The quantitative estimate of drug-likeness (QED) is 0.595.